The lowest BCUT2D eigenvalue weighted by molar-refractivity contribution is 0.150. The molecular formula is C7H5Cl2F2N. The molecule has 66 valence electrons. The Morgan fingerprint density at radius 2 is 2.08 bits per heavy atom. The van der Waals surface area contributed by atoms with Crippen molar-refractivity contribution < 1.29 is 8.78 Å². The minimum absolute atomic E-state index is 0.0268. The molecule has 0 spiro atoms. The first-order valence-electron chi connectivity index (χ1n) is 3.13. The molecule has 12 heavy (non-hydrogen) atoms. The fourth-order valence-electron chi connectivity index (χ4n) is 0.806. The van der Waals surface area contributed by atoms with Gasteiger partial charge in [-0.1, -0.05) is 11.6 Å². The first-order chi connectivity index (χ1) is 5.66. The van der Waals surface area contributed by atoms with Gasteiger partial charge >= 0.3 is 0 Å². The van der Waals surface area contributed by atoms with Crippen molar-refractivity contribution in [3.05, 3.63) is 28.5 Å². The van der Waals surface area contributed by atoms with E-state index in [9.17, 15) is 8.78 Å². The molecule has 0 aromatic carbocycles. The lowest BCUT2D eigenvalue weighted by atomic mass is 10.2. The van der Waals surface area contributed by atoms with E-state index in [-0.39, 0.29) is 22.0 Å². The van der Waals surface area contributed by atoms with Gasteiger partial charge in [0.05, 0.1) is 5.02 Å². The molecule has 0 N–H and O–H groups in total. The van der Waals surface area contributed by atoms with E-state index in [2.05, 4.69) is 4.98 Å². The Morgan fingerprint density at radius 3 is 2.50 bits per heavy atom. The van der Waals surface area contributed by atoms with Crippen LogP contribution in [0.4, 0.5) is 8.78 Å². The summed E-state index contributed by atoms with van der Waals surface area (Å²) in [6.07, 6.45) is -0.204. The number of aromatic nitrogens is 1. The van der Waals surface area contributed by atoms with E-state index >= 15 is 0 Å². The maximum absolute atomic E-state index is 12.2. The smallest absolute Gasteiger partial charge is 0.263 e. The van der Waals surface area contributed by atoms with Crippen molar-refractivity contribution in [2.24, 2.45) is 0 Å². The summed E-state index contributed by atoms with van der Waals surface area (Å²) in [6, 6.07) is 0. The van der Waals surface area contributed by atoms with Crippen molar-refractivity contribution in [3.8, 4) is 0 Å². The summed E-state index contributed by atoms with van der Waals surface area (Å²) >= 11 is 11.0. The molecule has 5 heteroatoms. The molecule has 1 nitrogen and oxygen atoms in total. The molecular weight excluding hydrogens is 207 g/mol. The average molecular weight is 212 g/mol. The van der Waals surface area contributed by atoms with Gasteiger partial charge in [0.25, 0.3) is 6.43 Å². The second-order valence-corrected chi connectivity index (χ2v) is 2.80. The Kier molecular flexibility index (Phi) is 3.23. The van der Waals surface area contributed by atoms with Gasteiger partial charge in [0, 0.05) is 23.8 Å². The molecule has 1 aromatic rings. The maximum atomic E-state index is 12.2. The Labute approximate surface area is 78.3 Å². The molecule has 0 unspecified atom stereocenters. The molecule has 0 amide bonds. The van der Waals surface area contributed by atoms with Crippen molar-refractivity contribution in [2.75, 3.05) is 0 Å². The highest BCUT2D eigenvalue weighted by Crippen LogP contribution is 2.28. The lowest BCUT2D eigenvalue weighted by Crippen LogP contribution is -1.94. The molecule has 0 saturated heterocycles. The van der Waals surface area contributed by atoms with Gasteiger partial charge in [0.2, 0.25) is 0 Å². The quantitative estimate of drug-likeness (QED) is 0.684. The monoisotopic (exact) mass is 211 g/mol. The summed E-state index contributed by atoms with van der Waals surface area (Å²) in [7, 11) is 0. The fourth-order valence-corrected chi connectivity index (χ4v) is 1.40. The molecule has 0 fully saturated rings. The van der Waals surface area contributed by atoms with E-state index in [1.807, 2.05) is 0 Å². The topological polar surface area (TPSA) is 12.9 Å². The summed E-state index contributed by atoms with van der Waals surface area (Å²) < 4.78 is 24.5. The number of alkyl halides is 3. The van der Waals surface area contributed by atoms with Crippen molar-refractivity contribution in [1.82, 2.24) is 4.98 Å². The van der Waals surface area contributed by atoms with Crippen LogP contribution >= 0.6 is 23.2 Å². The van der Waals surface area contributed by atoms with Crippen LogP contribution in [0.3, 0.4) is 0 Å². The van der Waals surface area contributed by atoms with Gasteiger partial charge in [0.15, 0.2) is 0 Å². The Balaban J connectivity index is 3.18. The predicted molar refractivity (Wildman–Crippen MR) is 43.8 cm³/mol. The summed E-state index contributed by atoms with van der Waals surface area (Å²) in [6.45, 7) is 0. The molecule has 1 heterocycles. The van der Waals surface area contributed by atoms with Crippen LogP contribution in [0.5, 0.6) is 0 Å². The second-order valence-electron chi connectivity index (χ2n) is 2.12. The van der Waals surface area contributed by atoms with Crippen LogP contribution in [-0.2, 0) is 5.88 Å². The van der Waals surface area contributed by atoms with Gasteiger partial charge in [0.1, 0.15) is 0 Å². The van der Waals surface area contributed by atoms with Crippen LogP contribution < -0.4 is 0 Å². The van der Waals surface area contributed by atoms with Crippen molar-refractivity contribution in [2.45, 2.75) is 12.3 Å². The summed E-state index contributed by atoms with van der Waals surface area (Å²) in [5, 5.41) is 0.183. The second kappa shape index (κ2) is 4.01. The number of nitrogens with zero attached hydrogens (tertiary/aromatic N) is 1. The average Bonchev–Trinajstić information content (AvgIpc) is 2.03. The third-order valence-corrected chi connectivity index (χ3v) is 2.00. The van der Waals surface area contributed by atoms with Crippen LogP contribution in [0.1, 0.15) is 17.6 Å². The Bertz CT molecular complexity index is 278. The summed E-state index contributed by atoms with van der Waals surface area (Å²) in [4.78, 5) is 3.54. The van der Waals surface area contributed by atoms with Crippen molar-refractivity contribution in [1.29, 1.82) is 0 Å². The minimum Gasteiger partial charge on any atom is -0.263 e. The van der Waals surface area contributed by atoms with E-state index in [1.165, 1.54) is 6.20 Å². The van der Waals surface area contributed by atoms with Crippen LogP contribution in [0, 0.1) is 0 Å². The first kappa shape index (κ1) is 9.68. The molecule has 1 rings (SSSR count). The van der Waals surface area contributed by atoms with Gasteiger partial charge in [-0.3, -0.25) is 4.98 Å². The number of halogens is 4. The highest BCUT2D eigenvalue weighted by atomic mass is 35.5. The summed E-state index contributed by atoms with van der Waals surface area (Å²) in [5.41, 5.74) is 0.0563. The highest BCUT2D eigenvalue weighted by Gasteiger charge is 2.14. The van der Waals surface area contributed by atoms with E-state index in [0.717, 1.165) is 6.20 Å². The normalized spacial score (nSPS) is 10.8. The Morgan fingerprint density at radius 1 is 1.42 bits per heavy atom. The highest BCUT2D eigenvalue weighted by molar-refractivity contribution is 6.32. The number of hydrogen-bond donors (Lipinski definition) is 0. The van der Waals surface area contributed by atoms with Crippen molar-refractivity contribution >= 4 is 23.2 Å². The predicted octanol–water partition coefficient (Wildman–Crippen LogP) is 3.41. The zero-order valence-corrected chi connectivity index (χ0v) is 7.41. The molecule has 0 aliphatic rings. The SMILES string of the molecule is FC(F)c1cncc(Cl)c1CCl. The third-order valence-electron chi connectivity index (χ3n) is 1.41. The zero-order chi connectivity index (χ0) is 9.14. The standard InChI is InChI=1S/C7H5Cl2F2N/c8-1-4-5(7(10)11)2-12-3-6(4)9/h2-3,7H,1H2. The molecule has 0 aliphatic carbocycles. The van der Waals surface area contributed by atoms with Crippen LogP contribution in [0.25, 0.3) is 0 Å². The van der Waals surface area contributed by atoms with Crippen molar-refractivity contribution in [3.63, 3.8) is 0 Å². The largest absolute Gasteiger partial charge is 0.265 e. The number of pyridine rings is 1. The summed E-state index contributed by atoms with van der Waals surface area (Å²) in [5.74, 6) is -0.0268. The van der Waals surface area contributed by atoms with E-state index in [0.29, 0.717) is 0 Å². The van der Waals surface area contributed by atoms with Gasteiger partial charge in [-0.25, -0.2) is 8.78 Å². The van der Waals surface area contributed by atoms with E-state index in [1.54, 1.807) is 0 Å². The first-order valence-corrected chi connectivity index (χ1v) is 4.04. The lowest BCUT2D eigenvalue weighted by Gasteiger charge is -2.05. The molecule has 0 atom stereocenters. The third kappa shape index (κ3) is 1.84. The molecule has 0 aliphatic heterocycles. The number of hydrogen-bond acceptors (Lipinski definition) is 1. The minimum atomic E-state index is -2.58. The van der Waals surface area contributed by atoms with E-state index in [4.69, 9.17) is 23.2 Å². The Hall–Kier alpha value is -0.410. The van der Waals surface area contributed by atoms with Crippen LogP contribution in [0.2, 0.25) is 5.02 Å². The fraction of sp³-hybridized carbons (Fsp3) is 0.286. The van der Waals surface area contributed by atoms with Gasteiger partial charge in [-0.05, 0) is 5.56 Å². The van der Waals surface area contributed by atoms with Crippen LogP contribution in [-0.4, -0.2) is 4.98 Å². The van der Waals surface area contributed by atoms with Crippen LogP contribution in [0.15, 0.2) is 12.4 Å². The molecule has 1 aromatic heterocycles. The van der Waals surface area contributed by atoms with Gasteiger partial charge in [-0.2, -0.15) is 0 Å². The number of rotatable bonds is 2. The maximum Gasteiger partial charge on any atom is 0.265 e. The van der Waals surface area contributed by atoms with Gasteiger partial charge < -0.3 is 0 Å². The zero-order valence-electron chi connectivity index (χ0n) is 5.90. The van der Waals surface area contributed by atoms with E-state index < -0.39 is 6.43 Å². The van der Waals surface area contributed by atoms with Gasteiger partial charge in [-0.15, -0.1) is 11.6 Å². The molecule has 0 radical (unpaired) electrons. The molecule has 0 bridgehead atoms. The molecule has 0 saturated carbocycles.